The largest absolute Gasteiger partial charge is 0.458 e. The van der Waals surface area contributed by atoms with Gasteiger partial charge in [-0.1, -0.05) is 13.8 Å². The van der Waals surface area contributed by atoms with Crippen LogP contribution < -0.4 is 26.8 Å². The lowest BCUT2D eigenvalue weighted by atomic mass is 9.81. The monoisotopic (exact) mass is 861 g/mol. The summed E-state index contributed by atoms with van der Waals surface area (Å²) in [7, 11) is 0. The Hall–Kier alpha value is -6.12. The quantitative estimate of drug-likeness (QED) is 0.0419. The van der Waals surface area contributed by atoms with Crippen LogP contribution in [0.15, 0.2) is 16.9 Å². The molecule has 330 valence electrons. The third-order valence-electron chi connectivity index (χ3n) is 12.2. The first-order valence-electron chi connectivity index (χ1n) is 20.5. The highest BCUT2D eigenvalue weighted by atomic mass is 19.1. The van der Waals surface area contributed by atoms with Crippen LogP contribution in [0.3, 0.4) is 0 Å². The lowest BCUT2D eigenvalue weighted by Crippen LogP contribution is -2.53. The van der Waals surface area contributed by atoms with Crippen molar-refractivity contribution in [2.75, 3.05) is 19.9 Å². The van der Waals surface area contributed by atoms with Gasteiger partial charge in [0.05, 0.1) is 41.7 Å². The summed E-state index contributed by atoms with van der Waals surface area (Å²) in [5.74, 6) is -5.57. The molecule has 1 fully saturated rings. The molecule has 7 rings (SSSR count). The minimum Gasteiger partial charge on any atom is -0.458 e. The summed E-state index contributed by atoms with van der Waals surface area (Å²) in [6.07, 6.45) is -1.02. The predicted octanol–water partition coefficient (Wildman–Crippen LogP) is -0.124. The Labute approximate surface area is 353 Å². The number of pyridine rings is 2. The number of nitrogens with zero attached hydrogens (tertiary/aromatic N) is 3. The summed E-state index contributed by atoms with van der Waals surface area (Å²) in [5.41, 5.74) is 1.06. The fourth-order valence-corrected chi connectivity index (χ4v) is 8.56. The molecule has 6 atom stereocenters. The van der Waals surface area contributed by atoms with Crippen LogP contribution in [-0.2, 0) is 68.2 Å². The highest BCUT2D eigenvalue weighted by Gasteiger charge is 2.46. The molecule has 1 unspecified atom stereocenters. The second-order valence-electron chi connectivity index (χ2n) is 16.3. The maximum Gasteiger partial charge on any atom is 0.343 e. The van der Waals surface area contributed by atoms with Crippen LogP contribution in [0, 0.1) is 18.7 Å². The van der Waals surface area contributed by atoms with E-state index in [0.717, 1.165) is 4.90 Å². The Kier molecular flexibility index (Phi) is 12.0. The van der Waals surface area contributed by atoms with Gasteiger partial charge >= 0.3 is 5.97 Å². The van der Waals surface area contributed by atoms with Crippen molar-refractivity contribution in [1.29, 1.82) is 0 Å². The number of rotatable bonds is 14. The highest BCUT2D eigenvalue weighted by Crippen LogP contribution is 2.46. The van der Waals surface area contributed by atoms with E-state index in [1.165, 1.54) is 24.5 Å². The third-order valence-corrected chi connectivity index (χ3v) is 12.2. The number of imide groups is 1. The first-order chi connectivity index (χ1) is 29.4. The molecule has 62 heavy (non-hydrogen) atoms. The van der Waals surface area contributed by atoms with Gasteiger partial charge in [0.25, 0.3) is 5.56 Å². The summed E-state index contributed by atoms with van der Waals surface area (Å²) < 4.78 is 27.4. The molecule has 0 bridgehead atoms. The molecule has 3 aliphatic heterocycles. The molecule has 6 N–H and O–H groups in total. The zero-order valence-electron chi connectivity index (χ0n) is 34.8. The molecule has 19 nitrogen and oxygen atoms in total. The summed E-state index contributed by atoms with van der Waals surface area (Å²) >= 11 is 0. The van der Waals surface area contributed by atoms with Gasteiger partial charge < -0.3 is 45.5 Å². The van der Waals surface area contributed by atoms with E-state index in [4.69, 9.17) is 14.5 Å². The van der Waals surface area contributed by atoms with Gasteiger partial charge in [0.15, 0.2) is 5.60 Å². The molecule has 0 spiro atoms. The van der Waals surface area contributed by atoms with Crippen LogP contribution in [0.25, 0.3) is 22.3 Å². The number of fused-ring (bicyclic) bond motifs is 5. The number of likely N-dealkylation sites (tertiary alicyclic amines) is 1. The summed E-state index contributed by atoms with van der Waals surface area (Å²) in [6, 6.07) is 0.0289. The van der Waals surface area contributed by atoms with Crippen molar-refractivity contribution in [2.24, 2.45) is 5.92 Å². The Morgan fingerprint density at radius 1 is 1.05 bits per heavy atom. The van der Waals surface area contributed by atoms with Crippen molar-refractivity contribution in [3.05, 3.63) is 61.7 Å². The SMILES string of the molecule is CC[C@@]1(O)C(=O)OCc2c1cc1n(c2=O)Cc2c-1nc1cc(F)c(C)c3c1c2[C@@H](NC(=O)[C@H](O)CCOCNC(=O)[C@H](C)NC(=O)[C@H](C)NC(=O)CN1C(=O)CC(C)C1=O)CC3. The number of carbonyl (C=O) groups excluding carboxylic acids is 7. The maximum absolute atomic E-state index is 15.3. The van der Waals surface area contributed by atoms with Crippen molar-refractivity contribution < 1.29 is 57.6 Å². The van der Waals surface area contributed by atoms with Gasteiger partial charge in [0.1, 0.15) is 43.9 Å². The van der Waals surface area contributed by atoms with Crippen LogP contribution in [0.2, 0.25) is 0 Å². The van der Waals surface area contributed by atoms with Crippen LogP contribution in [-0.4, -0.2) is 104 Å². The van der Waals surface area contributed by atoms with Crippen molar-refractivity contribution in [3.8, 4) is 11.4 Å². The predicted molar refractivity (Wildman–Crippen MR) is 214 cm³/mol. The first kappa shape index (κ1) is 44.0. The van der Waals surface area contributed by atoms with Gasteiger partial charge in [-0.15, -0.1) is 0 Å². The number of halogens is 1. The molecule has 1 aliphatic carbocycles. The molecule has 5 heterocycles. The molecule has 0 saturated carbocycles. The molecule has 2 aromatic heterocycles. The lowest BCUT2D eigenvalue weighted by Gasteiger charge is -2.31. The number of hydrogen-bond donors (Lipinski definition) is 6. The molecule has 4 aliphatic rings. The third kappa shape index (κ3) is 7.81. The van der Waals surface area contributed by atoms with Crippen molar-refractivity contribution in [3.63, 3.8) is 0 Å². The molecule has 6 amide bonds. The number of benzene rings is 1. The van der Waals surface area contributed by atoms with E-state index in [9.17, 15) is 48.6 Å². The number of amides is 6. The molecule has 20 heteroatoms. The van der Waals surface area contributed by atoms with Gasteiger partial charge in [-0.2, -0.15) is 0 Å². The Bertz CT molecular complexity index is 2510. The minimum atomic E-state index is -2.05. The summed E-state index contributed by atoms with van der Waals surface area (Å²) in [4.78, 5) is 107. The number of esters is 1. The fourth-order valence-electron chi connectivity index (χ4n) is 8.56. The number of cyclic esters (lactones) is 1. The zero-order chi connectivity index (χ0) is 44.9. The molecular formula is C42H48FN7O12. The van der Waals surface area contributed by atoms with Crippen molar-refractivity contribution >= 4 is 52.3 Å². The van der Waals surface area contributed by atoms with E-state index in [0.29, 0.717) is 57.4 Å². The number of aromatic nitrogens is 2. The zero-order valence-corrected chi connectivity index (χ0v) is 34.8. The molecule has 0 radical (unpaired) electrons. The maximum atomic E-state index is 15.3. The number of aliphatic hydroxyl groups excluding tert-OH is 1. The number of ether oxygens (including phenoxy) is 2. The van der Waals surface area contributed by atoms with Gasteiger partial charge in [0.2, 0.25) is 35.4 Å². The van der Waals surface area contributed by atoms with E-state index in [2.05, 4.69) is 21.3 Å². The van der Waals surface area contributed by atoms with Gasteiger partial charge in [-0.25, -0.2) is 14.2 Å². The van der Waals surface area contributed by atoms with Gasteiger partial charge in [-0.3, -0.25) is 38.5 Å². The van der Waals surface area contributed by atoms with E-state index in [1.54, 1.807) is 26.8 Å². The van der Waals surface area contributed by atoms with Crippen molar-refractivity contribution in [2.45, 2.75) is 110 Å². The van der Waals surface area contributed by atoms with E-state index < -0.39 is 95.1 Å². The molecule has 1 aromatic carbocycles. The highest BCUT2D eigenvalue weighted by molar-refractivity contribution is 6.06. The minimum absolute atomic E-state index is 0.00782. The van der Waals surface area contributed by atoms with E-state index in [-0.39, 0.29) is 56.9 Å². The average molecular weight is 862 g/mol. The standard InChI is InChI=1S/C42H48FN7O12/c1-6-42(60)25-12-29-35-23(14-49(29)40(58)24(25)16-62-41(42)59)34-27(8-7-22-19(3)26(43)13-28(47-35)33(22)34)48-38(56)30(51)9-10-61-17-44-36(54)20(4)46-37(55)21(5)45-31(52)15-50-32(53)11-18(2)39(50)57/h12-13,18,20-21,27,30,51,60H,6-11,14-17H2,1-5H3,(H,44,54)(H,45,52)(H,46,55)(H,48,56)/t18?,20-,21-,27-,30+,42-/m0/s1. The van der Waals surface area contributed by atoms with Crippen LogP contribution in [0.4, 0.5) is 4.39 Å². The van der Waals surface area contributed by atoms with Crippen LogP contribution >= 0.6 is 0 Å². The molecule has 1 saturated heterocycles. The fraction of sp³-hybridized carbons (Fsp3) is 0.500. The first-order valence-corrected chi connectivity index (χ1v) is 20.5. The van der Waals surface area contributed by atoms with E-state index in [1.807, 2.05) is 0 Å². The number of aryl methyl sites for hydroxylation is 1. The lowest BCUT2D eigenvalue weighted by molar-refractivity contribution is -0.172. The number of carbonyl (C=O) groups is 7. The summed E-state index contributed by atoms with van der Waals surface area (Å²) in [5, 5.41) is 33.0. The molecular weight excluding hydrogens is 813 g/mol. The van der Waals surface area contributed by atoms with Crippen LogP contribution in [0.1, 0.15) is 92.8 Å². The Morgan fingerprint density at radius 2 is 1.77 bits per heavy atom. The smallest absolute Gasteiger partial charge is 0.343 e. The average Bonchev–Trinajstić information content (AvgIpc) is 3.72. The number of aliphatic hydroxyl groups is 2. The van der Waals surface area contributed by atoms with Crippen molar-refractivity contribution in [1.82, 2.24) is 35.7 Å². The second kappa shape index (κ2) is 17.0. The summed E-state index contributed by atoms with van der Waals surface area (Å²) in [6.45, 7) is 6.34. The normalized spacial score (nSPS) is 21.4. The van der Waals surface area contributed by atoms with Gasteiger partial charge in [0, 0.05) is 41.3 Å². The number of hydrogen-bond acceptors (Lipinski definition) is 13. The second-order valence-corrected chi connectivity index (χ2v) is 16.3. The number of nitrogens with one attached hydrogen (secondary N) is 4. The Balaban J connectivity index is 0.955. The molecule has 3 aromatic rings. The van der Waals surface area contributed by atoms with E-state index >= 15 is 4.39 Å². The Morgan fingerprint density at radius 3 is 2.47 bits per heavy atom. The topological polar surface area (TPSA) is 265 Å². The van der Waals surface area contributed by atoms with Gasteiger partial charge in [-0.05, 0) is 62.8 Å². The van der Waals surface area contributed by atoms with Crippen LogP contribution in [0.5, 0.6) is 0 Å².